The second-order valence-corrected chi connectivity index (χ2v) is 9.08. The van der Waals surface area contributed by atoms with Gasteiger partial charge in [-0.1, -0.05) is 12.7 Å². The van der Waals surface area contributed by atoms with E-state index in [1.807, 2.05) is 18.3 Å². The lowest BCUT2D eigenvalue weighted by Gasteiger charge is -2.09. The van der Waals surface area contributed by atoms with Gasteiger partial charge < -0.3 is 4.74 Å². The first-order chi connectivity index (χ1) is 12.1. The van der Waals surface area contributed by atoms with Crippen LogP contribution in [0.1, 0.15) is 34.4 Å². The largest absolute Gasteiger partial charge is 0.487 e. The zero-order valence-corrected chi connectivity index (χ0v) is 18.7. The fourth-order valence-corrected chi connectivity index (χ4v) is 6.14. The molecule has 0 bridgehead atoms. The molecule has 1 aliphatic carbocycles. The second kappa shape index (κ2) is 8.64. The SMILES string of the molecule is C=CCOc1c(I)cc(/C=N\c2sc3c(c2C#N)CCCC3)cc1I. The van der Waals surface area contributed by atoms with Crippen LogP contribution in [-0.2, 0) is 12.8 Å². The van der Waals surface area contributed by atoms with Crippen LogP contribution in [0.25, 0.3) is 0 Å². The highest BCUT2D eigenvalue weighted by Crippen LogP contribution is 2.39. The summed E-state index contributed by atoms with van der Waals surface area (Å²) in [4.78, 5) is 5.97. The number of aliphatic imine (C=N–C) groups is 1. The van der Waals surface area contributed by atoms with E-state index in [0.29, 0.717) is 6.61 Å². The molecule has 0 N–H and O–H groups in total. The first-order valence-electron chi connectivity index (χ1n) is 7.95. The van der Waals surface area contributed by atoms with Crippen LogP contribution in [0, 0.1) is 18.5 Å². The van der Waals surface area contributed by atoms with E-state index >= 15 is 0 Å². The maximum atomic E-state index is 9.52. The lowest BCUT2D eigenvalue weighted by atomic mass is 9.96. The Morgan fingerprint density at radius 1 is 1.28 bits per heavy atom. The molecular weight excluding hydrogens is 558 g/mol. The minimum absolute atomic E-state index is 0.492. The van der Waals surface area contributed by atoms with Gasteiger partial charge in [0.25, 0.3) is 0 Å². The molecule has 1 aromatic heterocycles. The van der Waals surface area contributed by atoms with E-state index in [4.69, 9.17) is 4.74 Å². The van der Waals surface area contributed by atoms with Crippen molar-refractivity contribution in [1.29, 1.82) is 5.26 Å². The molecule has 2 aromatic rings. The number of benzene rings is 1. The Balaban J connectivity index is 1.89. The molecule has 1 aliphatic rings. The van der Waals surface area contributed by atoms with Crippen molar-refractivity contribution >= 4 is 67.7 Å². The van der Waals surface area contributed by atoms with Crippen molar-refractivity contribution in [3.05, 3.63) is 53.5 Å². The van der Waals surface area contributed by atoms with Crippen LogP contribution in [0.5, 0.6) is 5.75 Å². The second-order valence-electron chi connectivity index (χ2n) is 5.67. The molecule has 0 amide bonds. The van der Waals surface area contributed by atoms with Crippen LogP contribution in [0.2, 0.25) is 0 Å². The zero-order valence-electron chi connectivity index (χ0n) is 13.5. The first kappa shape index (κ1) is 18.9. The molecular formula is C19H16I2N2OS. The maximum Gasteiger partial charge on any atom is 0.146 e. The fraction of sp³-hybridized carbons (Fsp3) is 0.263. The summed E-state index contributed by atoms with van der Waals surface area (Å²) in [6, 6.07) is 6.45. The third-order valence-electron chi connectivity index (χ3n) is 3.96. The molecule has 0 fully saturated rings. The summed E-state index contributed by atoms with van der Waals surface area (Å²) in [5.41, 5.74) is 3.00. The van der Waals surface area contributed by atoms with Crippen LogP contribution in [-0.4, -0.2) is 12.8 Å². The van der Waals surface area contributed by atoms with Crippen molar-refractivity contribution in [3.63, 3.8) is 0 Å². The third-order valence-corrected chi connectivity index (χ3v) is 6.76. The van der Waals surface area contributed by atoms with Gasteiger partial charge in [-0.3, -0.25) is 0 Å². The van der Waals surface area contributed by atoms with Crippen LogP contribution in [0.4, 0.5) is 5.00 Å². The molecule has 3 rings (SSSR count). The van der Waals surface area contributed by atoms with Gasteiger partial charge in [-0.25, -0.2) is 4.99 Å². The Kier molecular flexibility index (Phi) is 6.52. The number of halogens is 2. The summed E-state index contributed by atoms with van der Waals surface area (Å²) in [7, 11) is 0. The van der Waals surface area contributed by atoms with E-state index in [-0.39, 0.29) is 0 Å². The molecule has 0 spiro atoms. The minimum atomic E-state index is 0.492. The topological polar surface area (TPSA) is 45.4 Å². The summed E-state index contributed by atoms with van der Waals surface area (Å²) in [6.07, 6.45) is 8.06. The maximum absolute atomic E-state index is 9.52. The van der Waals surface area contributed by atoms with Crippen molar-refractivity contribution in [2.45, 2.75) is 25.7 Å². The molecule has 0 unspecified atom stereocenters. The summed E-state index contributed by atoms with van der Waals surface area (Å²) >= 11 is 6.22. The third kappa shape index (κ3) is 4.26. The number of hydrogen-bond donors (Lipinski definition) is 0. The number of rotatable bonds is 5. The van der Waals surface area contributed by atoms with E-state index in [2.05, 4.69) is 62.8 Å². The Bertz CT molecular complexity index is 857. The average Bonchev–Trinajstić information content (AvgIpc) is 2.96. The standard InChI is InChI=1S/C19H16I2N2OS/c1-2-7-24-18-15(20)8-12(9-16(18)21)11-23-19-14(10-22)13-5-3-4-6-17(13)25-19/h2,8-9,11H,1,3-7H2/b23-11-. The molecule has 0 saturated heterocycles. The van der Waals surface area contributed by atoms with Gasteiger partial charge in [0.15, 0.2) is 0 Å². The number of hydrogen-bond acceptors (Lipinski definition) is 4. The molecule has 25 heavy (non-hydrogen) atoms. The van der Waals surface area contributed by atoms with Crippen molar-refractivity contribution in [3.8, 4) is 11.8 Å². The minimum Gasteiger partial charge on any atom is -0.487 e. The zero-order chi connectivity index (χ0) is 17.8. The number of thiophene rings is 1. The summed E-state index contributed by atoms with van der Waals surface area (Å²) in [5.74, 6) is 0.877. The van der Waals surface area contributed by atoms with Gasteiger partial charge in [0, 0.05) is 11.1 Å². The predicted molar refractivity (Wildman–Crippen MR) is 120 cm³/mol. The Morgan fingerprint density at radius 3 is 2.68 bits per heavy atom. The Morgan fingerprint density at radius 2 is 2.00 bits per heavy atom. The average molecular weight is 574 g/mol. The quantitative estimate of drug-likeness (QED) is 0.249. The summed E-state index contributed by atoms with van der Waals surface area (Å²) < 4.78 is 7.79. The molecule has 128 valence electrons. The number of fused-ring (bicyclic) bond motifs is 1. The van der Waals surface area contributed by atoms with Crippen molar-refractivity contribution in [2.75, 3.05) is 6.61 Å². The van der Waals surface area contributed by atoms with Gasteiger partial charge in [0.2, 0.25) is 0 Å². The van der Waals surface area contributed by atoms with E-state index < -0.39 is 0 Å². The molecule has 1 aromatic carbocycles. The highest BCUT2D eigenvalue weighted by atomic mass is 127. The number of aryl methyl sites for hydroxylation is 1. The monoisotopic (exact) mass is 574 g/mol. The van der Waals surface area contributed by atoms with Gasteiger partial charge in [-0.2, -0.15) is 5.26 Å². The molecule has 0 saturated carbocycles. The molecule has 0 atom stereocenters. The van der Waals surface area contributed by atoms with E-state index in [1.165, 1.54) is 23.3 Å². The predicted octanol–water partition coefficient (Wildman–Crippen LogP) is 6.02. The summed E-state index contributed by atoms with van der Waals surface area (Å²) in [6.45, 7) is 4.17. The van der Waals surface area contributed by atoms with E-state index in [1.54, 1.807) is 17.4 Å². The van der Waals surface area contributed by atoms with Crippen LogP contribution in [0.3, 0.4) is 0 Å². The molecule has 0 aliphatic heterocycles. The lowest BCUT2D eigenvalue weighted by molar-refractivity contribution is 0.358. The van der Waals surface area contributed by atoms with Gasteiger partial charge in [0.1, 0.15) is 23.4 Å². The lowest BCUT2D eigenvalue weighted by Crippen LogP contribution is -1.99. The van der Waals surface area contributed by atoms with Crippen molar-refractivity contribution < 1.29 is 4.74 Å². The highest BCUT2D eigenvalue weighted by molar-refractivity contribution is 14.1. The first-order valence-corrected chi connectivity index (χ1v) is 10.9. The van der Waals surface area contributed by atoms with Gasteiger partial charge in [-0.05, 0) is 94.1 Å². The smallest absolute Gasteiger partial charge is 0.146 e. The molecule has 1 heterocycles. The number of nitrogens with zero attached hydrogens (tertiary/aromatic N) is 2. The van der Waals surface area contributed by atoms with Crippen LogP contribution >= 0.6 is 56.5 Å². The highest BCUT2D eigenvalue weighted by Gasteiger charge is 2.20. The number of nitriles is 1. The van der Waals surface area contributed by atoms with E-state index in [9.17, 15) is 5.26 Å². The van der Waals surface area contributed by atoms with Gasteiger partial charge >= 0.3 is 0 Å². The molecule has 0 radical (unpaired) electrons. The molecule has 6 heteroatoms. The fourth-order valence-electron chi connectivity index (χ4n) is 2.83. The number of ether oxygens (including phenoxy) is 1. The van der Waals surface area contributed by atoms with Crippen LogP contribution in [0.15, 0.2) is 29.8 Å². The van der Waals surface area contributed by atoms with Crippen molar-refractivity contribution in [2.24, 2.45) is 4.99 Å². The summed E-state index contributed by atoms with van der Waals surface area (Å²) in [5, 5.41) is 10.4. The normalized spacial score (nSPS) is 13.5. The van der Waals surface area contributed by atoms with E-state index in [0.717, 1.165) is 41.9 Å². The Labute approximate surface area is 179 Å². The van der Waals surface area contributed by atoms with Gasteiger partial charge in [-0.15, -0.1) is 11.3 Å². The van der Waals surface area contributed by atoms with Gasteiger partial charge in [0.05, 0.1) is 12.7 Å². The van der Waals surface area contributed by atoms with Crippen molar-refractivity contribution in [1.82, 2.24) is 0 Å². The Hall–Kier alpha value is -0.920. The molecule has 3 nitrogen and oxygen atoms in total. The van der Waals surface area contributed by atoms with Crippen LogP contribution < -0.4 is 4.74 Å².